The average Bonchev–Trinajstić information content (AvgIpc) is 2.47. The van der Waals surface area contributed by atoms with E-state index in [2.05, 4.69) is 19.9 Å². The monoisotopic (exact) mass is 318 g/mol. The van der Waals surface area contributed by atoms with E-state index in [-0.39, 0.29) is 5.56 Å². The summed E-state index contributed by atoms with van der Waals surface area (Å²) in [6, 6.07) is 6.51. The van der Waals surface area contributed by atoms with Crippen molar-refractivity contribution in [3.8, 4) is 22.8 Å². The van der Waals surface area contributed by atoms with Gasteiger partial charge in [-0.2, -0.15) is 0 Å². The Morgan fingerprint density at radius 1 is 0.905 bits per heavy atom. The number of pyridine rings is 2. The molecule has 0 radical (unpaired) electrons. The van der Waals surface area contributed by atoms with Crippen LogP contribution in [0.15, 0.2) is 47.7 Å². The Balaban J connectivity index is 2.07. The predicted octanol–water partition coefficient (Wildman–Crippen LogP) is 3.20. The molecule has 0 fully saturated rings. The van der Waals surface area contributed by atoms with Gasteiger partial charge in [0.15, 0.2) is 5.82 Å². The van der Waals surface area contributed by atoms with Gasteiger partial charge in [-0.05, 0) is 24.3 Å². The number of rotatable bonds is 2. The maximum Gasteiger partial charge on any atom is 0.260 e. The van der Waals surface area contributed by atoms with Crippen LogP contribution in [-0.2, 0) is 0 Å². The molecule has 0 unspecified atom stereocenters. The van der Waals surface area contributed by atoms with E-state index >= 15 is 0 Å². The SMILES string of the molecule is O=c1[nH]c(-c2cc(Cl)ccn2)ncc1-c1cc(Cl)ccn1. The highest BCUT2D eigenvalue weighted by Gasteiger charge is 2.09. The summed E-state index contributed by atoms with van der Waals surface area (Å²) in [5.74, 6) is 0.341. The van der Waals surface area contributed by atoms with Crippen molar-refractivity contribution in [2.24, 2.45) is 0 Å². The van der Waals surface area contributed by atoms with Crippen molar-refractivity contribution in [3.63, 3.8) is 0 Å². The molecule has 21 heavy (non-hydrogen) atoms. The van der Waals surface area contributed by atoms with Gasteiger partial charge in [0.05, 0.1) is 11.3 Å². The third-order valence-electron chi connectivity index (χ3n) is 2.76. The summed E-state index contributed by atoms with van der Waals surface area (Å²) < 4.78 is 0. The van der Waals surface area contributed by atoms with Gasteiger partial charge in [0.2, 0.25) is 0 Å². The van der Waals surface area contributed by atoms with Gasteiger partial charge in [0.1, 0.15) is 5.69 Å². The molecule has 0 saturated carbocycles. The Bertz CT molecular complexity index is 863. The lowest BCUT2D eigenvalue weighted by Gasteiger charge is -2.03. The minimum atomic E-state index is -0.323. The molecule has 0 amide bonds. The number of nitrogens with zero attached hydrogens (tertiary/aromatic N) is 3. The molecule has 0 bridgehead atoms. The van der Waals surface area contributed by atoms with Gasteiger partial charge in [0.25, 0.3) is 5.56 Å². The number of nitrogens with one attached hydrogen (secondary N) is 1. The molecule has 3 rings (SSSR count). The zero-order chi connectivity index (χ0) is 14.8. The molecule has 0 spiro atoms. The highest BCUT2D eigenvalue weighted by molar-refractivity contribution is 6.31. The van der Waals surface area contributed by atoms with Gasteiger partial charge in [-0.3, -0.25) is 14.8 Å². The van der Waals surface area contributed by atoms with E-state index in [1.54, 1.807) is 30.5 Å². The molecular weight excluding hydrogens is 311 g/mol. The van der Waals surface area contributed by atoms with Crippen LogP contribution in [0.2, 0.25) is 10.0 Å². The maximum absolute atomic E-state index is 12.2. The summed E-state index contributed by atoms with van der Waals surface area (Å²) in [5.41, 5.74) is 0.965. The van der Waals surface area contributed by atoms with Crippen molar-refractivity contribution >= 4 is 23.2 Å². The molecule has 3 aromatic heterocycles. The van der Waals surface area contributed by atoms with E-state index in [4.69, 9.17) is 23.2 Å². The van der Waals surface area contributed by atoms with E-state index in [1.807, 2.05) is 0 Å². The standard InChI is InChI=1S/C14H8Cl2N4O/c15-8-1-3-17-11(5-8)10-7-19-13(20-14(10)21)12-6-9(16)2-4-18-12/h1-7H,(H,19,20,21). The number of aromatic nitrogens is 4. The Hall–Kier alpha value is -2.24. The molecule has 0 aliphatic rings. The first-order valence-electron chi connectivity index (χ1n) is 5.96. The summed E-state index contributed by atoms with van der Waals surface area (Å²) in [6.07, 6.45) is 4.52. The topological polar surface area (TPSA) is 71.5 Å². The van der Waals surface area contributed by atoms with Gasteiger partial charge < -0.3 is 4.98 Å². The smallest absolute Gasteiger partial charge is 0.260 e. The zero-order valence-corrected chi connectivity index (χ0v) is 12.1. The predicted molar refractivity (Wildman–Crippen MR) is 81.3 cm³/mol. The fourth-order valence-corrected chi connectivity index (χ4v) is 2.11. The van der Waals surface area contributed by atoms with E-state index in [0.717, 1.165) is 0 Å². The fourth-order valence-electron chi connectivity index (χ4n) is 1.79. The summed E-state index contributed by atoms with van der Waals surface area (Å²) in [6.45, 7) is 0. The van der Waals surface area contributed by atoms with Crippen molar-refractivity contribution in [2.75, 3.05) is 0 Å². The second-order valence-electron chi connectivity index (χ2n) is 4.19. The Kier molecular flexibility index (Phi) is 3.68. The van der Waals surface area contributed by atoms with Gasteiger partial charge in [-0.15, -0.1) is 0 Å². The summed E-state index contributed by atoms with van der Waals surface area (Å²) in [5, 5.41) is 1.02. The molecule has 0 atom stereocenters. The van der Waals surface area contributed by atoms with Gasteiger partial charge in [0, 0.05) is 28.6 Å². The highest BCUT2D eigenvalue weighted by Crippen LogP contribution is 2.19. The van der Waals surface area contributed by atoms with Crippen molar-refractivity contribution < 1.29 is 0 Å². The first-order valence-corrected chi connectivity index (χ1v) is 6.72. The van der Waals surface area contributed by atoms with Crippen LogP contribution in [0, 0.1) is 0 Å². The largest absolute Gasteiger partial charge is 0.305 e. The first-order chi connectivity index (χ1) is 10.1. The van der Waals surface area contributed by atoms with Gasteiger partial charge in [-0.25, -0.2) is 4.98 Å². The number of halogens is 2. The molecule has 0 saturated heterocycles. The molecule has 7 heteroatoms. The second kappa shape index (κ2) is 5.63. The zero-order valence-electron chi connectivity index (χ0n) is 10.5. The summed E-state index contributed by atoms with van der Waals surface area (Å²) in [4.78, 5) is 27.3. The van der Waals surface area contributed by atoms with Crippen LogP contribution in [0.4, 0.5) is 0 Å². The number of hydrogen-bond acceptors (Lipinski definition) is 4. The third-order valence-corrected chi connectivity index (χ3v) is 3.23. The second-order valence-corrected chi connectivity index (χ2v) is 5.07. The van der Waals surface area contributed by atoms with Crippen LogP contribution in [0.25, 0.3) is 22.8 Å². The quantitative estimate of drug-likeness (QED) is 0.787. The van der Waals surface area contributed by atoms with Crippen molar-refractivity contribution in [2.45, 2.75) is 0 Å². The van der Waals surface area contributed by atoms with Crippen molar-refractivity contribution in [1.29, 1.82) is 0 Å². The molecule has 1 N–H and O–H groups in total. The van der Waals surface area contributed by atoms with Crippen LogP contribution in [-0.4, -0.2) is 19.9 Å². The molecule has 5 nitrogen and oxygen atoms in total. The number of hydrogen-bond donors (Lipinski definition) is 1. The van der Waals surface area contributed by atoms with Crippen LogP contribution >= 0.6 is 23.2 Å². The molecule has 0 aliphatic carbocycles. The summed E-state index contributed by atoms with van der Waals surface area (Å²) >= 11 is 11.8. The van der Waals surface area contributed by atoms with Gasteiger partial charge >= 0.3 is 0 Å². The van der Waals surface area contributed by atoms with Crippen LogP contribution in [0.1, 0.15) is 0 Å². The maximum atomic E-state index is 12.2. The lowest BCUT2D eigenvalue weighted by atomic mass is 10.2. The van der Waals surface area contributed by atoms with Crippen molar-refractivity contribution in [1.82, 2.24) is 19.9 Å². The molecular formula is C14H8Cl2N4O. The number of aromatic amines is 1. The first kappa shape index (κ1) is 13.7. The van der Waals surface area contributed by atoms with Crippen molar-refractivity contribution in [3.05, 3.63) is 63.3 Å². The van der Waals surface area contributed by atoms with Crippen LogP contribution in [0.5, 0.6) is 0 Å². The minimum Gasteiger partial charge on any atom is -0.305 e. The number of H-pyrrole nitrogens is 1. The van der Waals surface area contributed by atoms with Crippen LogP contribution in [0.3, 0.4) is 0 Å². The van der Waals surface area contributed by atoms with E-state index in [9.17, 15) is 4.79 Å². The molecule has 3 heterocycles. The minimum absolute atomic E-state index is 0.323. The Morgan fingerprint density at radius 2 is 1.52 bits per heavy atom. The average molecular weight is 319 g/mol. The Morgan fingerprint density at radius 3 is 2.14 bits per heavy atom. The normalized spacial score (nSPS) is 10.6. The lowest BCUT2D eigenvalue weighted by Crippen LogP contribution is -2.12. The van der Waals surface area contributed by atoms with Gasteiger partial charge in [-0.1, -0.05) is 23.2 Å². The highest BCUT2D eigenvalue weighted by atomic mass is 35.5. The Labute approximate surface area is 129 Å². The molecule has 0 aliphatic heterocycles. The van der Waals surface area contributed by atoms with E-state index in [1.165, 1.54) is 12.4 Å². The lowest BCUT2D eigenvalue weighted by molar-refractivity contribution is 1.10. The third kappa shape index (κ3) is 2.94. The summed E-state index contributed by atoms with van der Waals surface area (Å²) in [7, 11) is 0. The van der Waals surface area contributed by atoms with E-state index in [0.29, 0.717) is 32.8 Å². The fraction of sp³-hybridized carbons (Fsp3) is 0. The molecule has 0 aromatic carbocycles. The molecule has 104 valence electrons. The van der Waals surface area contributed by atoms with Crippen LogP contribution < -0.4 is 5.56 Å². The molecule has 3 aromatic rings. The van der Waals surface area contributed by atoms with E-state index < -0.39 is 0 Å².